The molecule has 0 rings (SSSR count). The Morgan fingerprint density at radius 1 is 0.313 bits per heavy atom. The molecule has 0 aliphatic rings. The molecule has 0 heterocycles. The zero-order valence-corrected chi connectivity index (χ0v) is 43.6. The van der Waals surface area contributed by atoms with Gasteiger partial charge in [0.25, 0.3) is 0 Å². The number of hydrogen-bond donors (Lipinski definition) is 0. The van der Waals surface area contributed by atoms with Crippen molar-refractivity contribution in [3.8, 4) is 0 Å². The van der Waals surface area contributed by atoms with Crippen LogP contribution < -0.4 is 0 Å². The highest BCUT2D eigenvalue weighted by atomic mass is 16.6. The first-order valence-corrected chi connectivity index (χ1v) is 27.8. The Labute approximate surface area is 413 Å². The van der Waals surface area contributed by atoms with Gasteiger partial charge in [-0.1, -0.05) is 240 Å². The Morgan fingerprint density at radius 2 is 0.597 bits per heavy atom. The van der Waals surface area contributed by atoms with E-state index >= 15 is 0 Å². The summed E-state index contributed by atoms with van der Waals surface area (Å²) in [6, 6.07) is 0. The predicted molar refractivity (Wildman–Crippen MR) is 288 cm³/mol. The van der Waals surface area contributed by atoms with Crippen LogP contribution in [0, 0.1) is 0 Å². The summed E-state index contributed by atoms with van der Waals surface area (Å²) in [7, 11) is 0. The van der Waals surface area contributed by atoms with Crippen molar-refractivity contribution in [3.05, 3.63) is 97.2 Å². The Morgan fingerprint density at radius 3 is 0.970 bits per heavy atom. The van der Waals surface area contributed by atoms with Gasteiger partial charge in [0.15, 0.2) is 6.10 Å². The van der Waals surface area contributed by atoms with Gasteiger partial charge in [0.05, 0.1) is 0 Å². The Hall–Kier alpha value is -3.67. The lowest BCUT2D eigenvalue weighted by molar-refractivity contribution is -0.167. The molecule has 0 spiro atoms. The van der Waals surface area contributed by atoms with Gasteiger partial charge in [-0.2, -0.15) is 0 Å². The average molecular weight is 931 g/mol. The zero-order chi connectivity index (χ0) is 48.6. The summed E-state index contributed by atoms with van der Waals surface area (Å²) >= 11 is 0. The zero-order valence-electron chi connectivity index (χ0n) is 43.6. The number of ether oxygens (including phenoxy) is 3. The molecule has 382 valence electrons. The van der Waals surface area contributed by atoms with E-state index in [0.29, 0.717) is 19.3 Å². The number of hydrogen-bond acceptors (Lipinski definition) is 6. The van der Waals surface area contributed by atoms with Crippen molar-refractivity contribution in [2.75, 3.05) is 13.2 Å². The van der Waals surface area contributed by atoms with E-state index in [4.69, 9.17) is 14.2 Å². The van der Waals surface area contributed by atoms with Crippen LogP contribution in [0.2, 0.25) is 0 Å². The minimum Gasteiger partial charge on any atom is -0.462 e. The third-order valence-corrected chi connectivity index (χ3v) is 11.7. The van der Waals surface area contributed by atoms with Crippen molar-refractivity contribution < 1.29 is 28.6 Å². The van der Waals surface area contributed by atoms with Gasteiger partial charge >= 0.3 is 17.9 Å². The molecule has 6 nitrogen and oxygen atoms in total. The minimum atomic E-state index is -0.805. The van der Waals surface area contributed by atoms with Crippen LogP contribution in [0.5, 0.6) is 0 Å². The topological polar surface area (TPSA) is 78.9 Å². The molecule has 0 aromatic rings. The van der Waals surface area contributed by atoms with Gasteiger partial charge in [-0.15, -0.1) is 0 Å². The molecule has 0 aliphatic carbocycles. The molecule has 0 bridgehead atoms. The van der Waals surface area contributed by atoms with Crippen molar-refractivity contribution in [1.29, 1.82) is 0 Å². The molecule has 0 aromatic heterocycles. The fraction of sp³-hybridized carbons (Fsp3) is 0.689. The molecule has 6 heteroatoms. The van der Waals surface area contributed by atoms with Crippen LogP contribution in [0.3, 0.4) is 0 Å². The van der Waals surface area contributed by atoms with Gasteiger partial charge in [-0.25, -0.2) is 0 Å². The molecule has 0 saturated carbocycles. The van der Waals surface area contributed by atoms with Crippen molar-refractivity contribution in [2.45, 2.75) is 258 Å². The molecule has 1 atom stereocenters. The van der Waals surface area contributed by atoms with Crippen molar-refractivity contribution in [1.82, 2.24) is 0 Å². The Balaban J connectivity index is 4.50. The first kappa shape index (κ1) is 63.3. The summed E-state index contributed by atoms with van der Waals surface area (Å²) in [5, 5.41) is 0. The number of rotatable bonds is 49. The number of carbonyl (C=O) groups excluding carboxylic acids is 3. The van der Waals surface area contributed by atoms with E-state index in [1.54, 1.807) is 0 Å². The summed E-state index contributed by atoms with van der Waals surface area (Å²) in [5.41, 5.74) is 0. The molecule has 0 N–H and O–H groups in total. The van der Waals surface area contributed by atoms with E-state index in [0.717, 1.165) is 89.9 Å². The van der Waals surface area contributed by atoms with Crippen molar-refractivity contribution >= 4 is 17.9 Å². The van der Waals surface area contributed by atoms with E-state index in [2.05, 4.69) is 57.2 Å². The van der Waals surface area contributed by atoms with Gasteiger partial charge in [-0.3, -0.25) is 14.4 Å². The maximum absolute atomic E-state index is 12.8. The normalized spacial score (nSPS) is 12.8. The first-order chi connectivity index (χ1) is 33.0. The lowest BCUT2D eigenvalue weighted by Gasteiger charge is -2.18. The Kier molecular flexibility index (Phi) is 51.9. The van der Waals surface area contributed by atoms with E-state index in [1.165, 1.54) is 122 Å². The van der Waals surface area contributed by atoms with Crippen LogP contribution in [-0.2, 0) is 28.6 Å². The molecule has 0 radical (unpaired) electrons. The lowest BCUT2D eigenvalue weighted by Crippen LogP contribution is -2.30. The molecular formula is C61H102O6. The number of unbranched alkanes of at least 4 members (excludes halogenated alkanes) is 27. The van der Waals surface area contributed by atoms with Crippen LogP contribution in [0.4, 0.5) is 0 Å². The average Bonchev–Trinajstić information content (AvgIpc) is 3.33. The highest BCUT2D eigenvalue weighted by Crippen LogP contribution is 2.14. The highest BCUT2D eigenvalue weighted by Gasteiger charge is 2.19. The SMILES string of the molecule is CC\C=C/C=C\C=C/C=C\C=C\C=C/CCCCCC(=O)OCC(COC(=O)CCCCCCC/C=C\CCCCCCCCC)OC(=O)CCCCCCC/C=C\CCCCCCCCC. The highest BCUT2D eigenvalue weighted by molar-refractivity contribution is 5.71. The van der Waals surface area contributed by atoms with Gasteiger partial charge in [0.1, 0.15) is 13.2 Å². The smallest absolute Gasteiger partial charge is 0.306 e. The van der Waals surface area contributed by atoms with Crippen molar-refractivity contribution in [3.63, 3.8) is 0 Å². The second-order valence-electron chi connectivity index (χ2n) is 18.3. The quantitative estimate of drug-likeness (QED) is 0.0199. The molecule has 1 unspecified atom stereocenters. The van der Waals surface area contributed by atoms with Crippen LogP contribution in [0.25, 0.3) is 0 Å². The third-order valence-electron chi connectivity index (χ3n) is 11.7. The first-order valence-electron chi connectivity index (χ1n) is 27.8. The third kappa shape index (κ3) is 53.2. The van der Waals surface area contributed by atoms with Gasteiger partial charge in [0.2, 0.25) is 0 Å². The number of carbonyl (C=O) groups is 3. The molecule has 0 fully saturated rings. The van der Waals surface area contributed by atoms with Gasteiger partial charge in [0, 0.05) is 19.3 Å². The summed E-state index contributed by atoms with van der Waals surface area (Å²) < 4.78 is 16.8. The molecule has 0 aromatic carbocycles. The molecule has 0 saturated heterocycles. The molecule has 67 heavy (non-hydrogen) atoms. The second-order valence-corrected chi connectivity index (χ2v) is 18.3. The fourth-order valence-electron chi connectivity index (χ4n) is 7.52. The standard InChI is InChI=1S/C61H102O6/c1-4-7-10-13-16-19-22-25-28-31-34-36-39-42-45-48-51-54-60(63)66-57-58(67-61(64)55-52-49-46-43-40-37-33-30-27-24-21-18-15-12-9-6-3)56-65-59(62)53-50-47-44-41-38-35-32-29-26-23-20-17-14-11-8-5-2/h7,10,13,16,19,22,25,28-34,36,39,58H,4-6,8-9,11-12,14-15,17-18,20-21,23-24,26-27,35,37-38,40-57H2,1-3H3/b10-7-,16-13-,22-19-,28-25-,32-29-,33-30-,34-31+,39-36-. The fourth-order valence-corrected chi connectivity index (χ4v) is 7.52. The van der Waals surface area contributed by atoms with Crippen LogP contribution in [0.15, 0.2) is 97.2 Å². The molecule has 0 aliphatic heterocycles. The number of esters is 3. The molecular weight excluding hydrogens is 829 g/mol. The summed E-state index contributed by atoms with van der Waals surface area (Å²) in [6.07, 6.45) is 72.4. The van der Waals surface area contributed by atoms with E-state index in [-0.39, 0.29) is 31.1 Å². The van der Waals surface area contributed by atoms with Crippen LogP contribution in [0.1, 0.15) is 252 Å². The van der Waals surface area contributed by atoms with E-state index < -0.39 is 6.10 Å². The lowest BCUT2D eigenvalue weighted by atomic mass is 10.1. The van der Waals surface area contributed by atoms with Gasteiger partial charge < -0.3 is 14.2 Å². The summed E-state index contributed by atoms with van der Waals surface area (Å²) in [4.78, 5) is 38.1. The monoisotopic (exact) mass is 931 g/mol. The van der Waals surface area contributed by atoms with Gasteiger partial charge in [-0.05, 0) is 89.9 Å². The second kappa shape index (κ2) is 54.9. The largest absolute Gasteiger partial charge is 0.462 e. The van der Waals surface area contributed by atoms with E-state index in [1.807, 2.05) is 60.8 Å². The maximum atomic E-state index is 12.8. The predicted octanol–water partition coefficient (Wildman–Crippen LogP) is 18.5. The van der Waals surface area contributed by atoms with Crippen LogP contribution >= 0.6 is 0 Å². The minimum absolute atomic E-state index is 0.100. The molecule has 0 amide bonds. The maximum Gasteiger partial charge on any atom is 0.306 e. The van der Waals surface area contributed by atoms with E-state index in [9.17, 15) is 14.4 Å². The van der Waals surface area contributed by atoms with Crippen LogP contribution in [-0.4, -0.2) is 37.2 Å². The van der Waals surface area contributed by atoms with Crippen molar-refractivity contribution in [2.24, 2.45) is 0 Å². The number of allylic oxidation sites excluding steroid dienone is 16. The Bertz CT molecular complexity index is 1350. The summed E-state index contributed by atoms with van der Waals surface area (Å²) in [6.45, 7) is 6.44. The summed E-state index contributed by atoms with van der Waals surface area (Å²) in [5.74, 6) is -0.959.